The van der Waals surface area contributed by atoms with Crippen molar-refractivity contribution in [3.8, 4) is 0 Å². The van der Waals surface area contributed by atoms with E-state index in [0.29, 0.717) is 0 Å². The van der Waals surface area contributed by atoms with Gasteiger partial charge in [-0.15, -0.1) is 0 Å². The molecule has 0 saturated heterocycles. The van der Waals surface area contributed by atoms with Crippen molar-refractivity contribution in [2.24, 2.45) is 0 Å². The van der Waals surface area contributed by atoms with Gasteiger partial charge in [-0.05, 0) is 0 Å². The van der Waals surface area contributed by atoms with Gasteiger partial charge in [0.05, 0.1) is 0 Å². The SMILES string of the molecule is C1=CNNC1.[Na]. The monoisotopic (exact) mass is 93.0 g/mol. The Morgan fingerprint density at radius 2 is 2.33 bits per heavy atom. The van der Waals surface area contributed by atoms with E-state index in [4.69, 9.17) is 0 Å². The van der Waals surface area contributed by atoms with Gasteiger partial charge in [-0.25, -0.2) is 5.43 Å². The third kappa shape index (κ3) is 1.82. The van der Waals surface area contributed by atoms with E-state index in [0.717, 1.165) is 6.54 Å². The smallest absolute Gasteiger partial charge is 0.0345 e. The molecule has 1 rings (SSSR count). The maximum absolute atomic E-state index is 2.86. The molecular formula is C3H6N2Na. The summed E-state index contributed by atoms with van der Waals surface area (Å²) < 4.78 is 0. The van der Waals surface area contributed by atoms with Crippen molar-refractivity contribution in [3.63, 3.8) is 0 Å². The van der Waals surface area contributed by atoms with Crippen LogP contribution in [0.25, 0.3) is 0 Å². The van der Waals surface area contributed by atoms with E-state index in [1.54, 1.807) is 0 Å². The molecule has 0 amide bonds. The summed E-state index contributed by atoms with van der Waals surface area (Å²) in [5, 5.41) is 0. The van der Waals surface area contributed by atoms with Crippen LogP contribution in [0.1, 0.15) is 0 Å². The van der Waals surface area contributed by atoms with Crippen LogP contribution in [-0.4, -0.2) is 36.1 Å². The van der Waals surface area contributed by atoms with Gasteiger partial charge in [0.2, 0.25) is 0 Å². The quantitative estimate of drug-likeness (QED) is 0.384. The maximum atomic E-state index is 2.86. The topological polar surface area (TPSA) is 24.1 Å². The number of rotatable bonds is 0. The van der Waals surface area contributed by atoms with Crippen molar-refractivity contribution in [2.45, 2.75) is 0 Å². The number of hydrogen-bond acceptors (Lipinski definition) is 2. The van der Waals surface area contributed by atoms with E-state index in [-0.39, 0.29) is 29.6 Å². The van der Waals surface area contributed by atoms with Crippen LogP contribution in [0.2, 0.25) is 0 Å². The predicted octanol–water partition coefficient (Wildman–Crippen LogP) is -0.773. The zero-order chi connectivity index (χ0) is 3.54. The number of nitrogens with one attached hydrogen (secondary N) is 2. The summed E-state index contributed by atoms with van der Waals surface area (Å²) in [4.78, 5) is 0. The standard InChI is InChI=1S/C3H6N2.Na/c1-2-4-5-3-1;/h1-2,4-5H,3H2;. The van der Waals surface area contributed by atoms with Crippen molar-refractivity contribution >= 4 is 29.6 Å². The first-order chi connectivity index (χ1) is 2.50. The summed E-state index contributed by atoms with van der Waals surface area (Å²) in [5.74, 6) is 0. The largest absolute Gasteiger partial charge is 0.329 e. The first kappa shape index (κ1) is 6.50. The fourth-order valence-electron chi connectivity index (χ4n) is 0.295. The molecule has 6 heavy (non-hydrogen) atoms. The molecule has 0 atom stereocenters. The molecule has 2 nitrogen and oxygen atoms in total. The number of hydrogen-bond donors (Lipinski definition) is 2. The van der Waals surface area contributed by atoms with Crippen LogP contribution in [0.4, 0.5) is 0 Å². The van der Waals surface area contributed by atoms with Gasteiger partial charge in [-0.3, -0.25) is 0 Å². The van der Waals surface area contributed by atoms with Crippen molar-refractivity contribution in [2.75, 3.05) is 6.54 Å². The average Bonchev–Trinajstić information content (AvgIpc) is 1.76. The molecule has 1 aliphatic rings. The second-order valence-corrected chi connectivity index (χ2v) is 0.928. The van der Waals surface area contributed by atoms with Crippen molar-refractivity contribution in [3.05, 3.63) is 12.3 Å². The molecule has 0 aliphatic carbocycles. The summed E-state index contributed by atoms with van der Waals surface area (Å²) in [6.07, 6.45) is 3.89. The van der Waals surface area contributed by atoms with Crippen LogP contribution < -0.4 is 10.9 Å². The normalized spacial score (nSPS) is 16.0. The molecule has 0 saturated carbocycles. The Labute approximate surface area is 59.3 Å². The van der Waals surface area contributed by atoms with Gasteiger partial charge in [0.1, 0.15) is 0 Å². The fraction of sp³-hybridized carbons (Fsp3) is 0.333. The predicted molar refractivity (Wildman–Crippen MR) is 26.0 cm³/mol. The summed E-state index contributed by atoms with van der Waals surface area (Å²) in [6.45, 7) is 0.958. The molecule has 3 heteroatoms. The Kier molecular flexibility index (Phi) is 3.99. The van der Waals surface area contributed by atoms with E-state index in [9.17, 15) is 0 Å². The molecular weight excluding hydrogens is 87.0 g/mol. The third-order valence-electron chi connectivity index (χ3n) is 0.523. The third-order valence-corrected chi connectivity index (χ3v) is 0.523. The maximum Gasteiger partial charge on any atom is 0.0345 e. The van der Waals surface area contributed by atoms with Gasteiger partial charge in [0.25, 0.3) is 0 Å². The second kappa shape index (κ2) is 3.68. The van der Waals surface area contributed by atoms with Crippen molar-refractivity contribution in [1.29, 1.82) is 0 Å². The van der Waals surface area contributed by atoms with Crippen molar-refractivity contribution < 1.29 is 0 Å². The average molecular weight is 93.1 g/mol. The zero-order valence-corrected chi connectivity index (χ0v) is 5.86. The van der Waals surface area contributed by atoms with Crippen LogP contribution in [0.15, 0.2) is 12.3 Å². The summed E-state index contributed by atoms with van der Waals surface area (Å²) in [5.41, 5.74) is 5.65. The number of hydrazine groups is 1. The molecule has 1 heterocycles. The Morgan fingerprint density at radius 3 is 2.50 bits per heavy atom. The zero-order valence-electron chi connectivity index (χ0n) is 3.86. The van der Waals surface area contributed by atoms with Gasteiger partial charge in [-0.2, -0.15) is 0 Å². The molecule has 0 fully saturated rings. The van der Waals surface area contributed by atoms with Gasteiger partial charge in [-0.1, -0.05) is 6.08 Å². The van der Waals surface area contributed by atoms with Gasteiger partial charge in [0, 0.05) is 42.3 Å². The van der Waals surface area contributed by atoms with Gasteiger partial charge in [0.15, 0.2) is 0 Å². The molecule has 0 bridgehead atoms. The first-order valence-corrected chi connectivity index (χ1v) is 1.63. The molecule has 29 valence electrons. The van der Waals surface area contributed by atoms with E-state index >= 15 is 0 Å². The Morgan fingerprint density at radius 1 is 1.50 bits per heavy atom. The minimum absolute atomic E-state index is 0. The van der Waals surface area contributed by atoms with Crippen LogP contribution >= 0.6 is 0 Å². The van der Waals surface area contributed by atoms with Crippen LogP contribution in [-0.2, 0) is 0 Å². The van der Waals surface area contributed by atoms with Crippen molar-refractivity contribution in [1.82, 2.24) is 10.9 Å². The Hall–Kier alpha value is 0.500. The van der Waals surface area contributed by atoms with E-state index < -0.39 is 0 Å². The van der Waals surface area contributed by atoms with E-state index in [1.165, 1.54) is 0 Å². The second-order valence-electron chi connectivity index (χ2n) is 0.928. The Balaban J connectivity index is 0.000000250. The molecule has 1 radical (unpaired) electrons. The molecule has 0 unspecified atom stereocenters. The molecule has 0 aromatic rings. The molecule has 2 N–H and O–H groups in total. The van der Waals surface area contributed by atoms with Gasteiger partial charge < -0.3 is 5.43 Å². The summed E-state index contributed by atoms with van der Waals surface area (Å²) >= 11 is 0. The summed E-state index contributed by atoms with van der Waals surface area (Å²) in [6, 6.07) is 0. The Bertz CT molecular complexity index is 46.8. The minimum atomic E-state index is 0. The molecule has 0 aromatic carbocycles. The molecule has 1 aliphatic heterocycles. The first-order valence-electron chi connectivity index (χ1n) is 1.63. The van der Waals surface area contributed by atoms with Crippen LogP contribution in [0.5, 0.6) is 0 Å². The van der Waals surface area contributed by atoms with Crippen LogP contribution in [0.3, 0.4) is 0 Å². The minimum Gasteiger partial charge on any atom is -0.329 e. The summed E-state index contributed by atoms with van der Waals surface area (Å²) in [7, 11) is 0. The van der Waals surface area contributed by atoms with Gasteiger partial charge >= 0.3 is 0 Å². The van der Waals surface area contributed by atoms with E-state index in [1.807, 2.05) is 12.3 Å². The van der Waals surface area contributed by atoms with E-state index in [2.05, 4.69) is 10.9 Å². The molecule has 0 spiro atoms. The van der Waals surface area contributed by atoms with Crippen LogP contribution in [0, 0.1) is 0 Å². The fourth-order valence-corrected chi connectivity index (χ4v) is 0.295. The molecule has 0 aromatic heterocycles.